The number of aromatic nitrogens is 2. The number of rotatable bonds is 4. The number of H-pyrrole nitrogens is 1. The predicted molar refractivity (Wildman–Crippen MR) is 58.6 cm³/mol. The summed E-state index contributed by atoms with van der Waals surface area (Å²) in [7, 11) is 1.94. The summed E-state index contributed by atoms with van der Waals surface area (Å²) in [5, 5.41) is 3.10. The number of nitrogens with one attached hydrogen (secondary N) is 2. The van der Waals surface area contributed by atoms with Crippen molar-refractivity contribution < 1.29 is 4.74 Å². The smallest absolute Gasteiger partial charge is 0.108 e. The van der Waals surface area contributed by atoms with E-state index in [1.807, 2.05) is 13.2 Å². The number of hydrogen-bond donors (Lipinski definition) is 2. The first-order chi connectivity index (χ1) is 7.38. The zero-order valence-electron chi connectivity index (χ0n) is 9.25. The van der Waals surface area contributed by atoms with Crippen molar-refractivity contribution in [1.82, 2.24) is 15.3 Å². The molecule has 1 saturated heterocycles. The third kappa shape index (κ3) is 3.04. The first kappa shape index (κ1) is 10.6. The molecule has 0 amide bonds. The number of hydrogen-bond acceptors (Lipinski definition) is 3. The Bertz CT molecular complexity index is 292. The van der Waals surface area contributed by atoms with Gasteiger partial charge in [0.05, 0.1) is 6.10 Å². The van der Waals surface area contributed by atoms with E-state index in [1.165, 1.54) is 19.3 Å². The van der Waals surface area contributed by atoms with Gasteiger partial charge in [-0.05, 0) is 26.3 Å². The van der Waals surface area contributed by atoms with Gasteiger partial charge < -0.3 is 15.0 Å². The summed E-state index contributed by atoms with van der Waals surface area (Å²) in [6, 6.07) is 0. The van der Waals surface area contributed by atoms with Crippen LogP contribution in [-0.4, -0.2) is 29.7 Å². The lowest BCUT2D eigenvalue weighted by atomic mass is 10.1. The van der Waals surface area contributed by atoms with E-state index >= 15 is 0 Å². The Morgan fingerprint density at radius 3 is 3.27 bits per heavy atom. The molecule has 2 heterocycles. The molecule has 1 aromatic heterocycles. The Labute approximate surface area is 90.4 Å². The average molecular weight is 209 g/mol. The molecule has 0 aromatic carbocycles. The van der Waals surface area contributed by atoms with Crippen molar-refractivity contribution in [2.45, 2.75) is 38.3 Å². The summed E-state index contributed by atoms with van der Waals surface area (Å²) in [5.41, 5.74) is 1.14. The molecule has 1 fully saturated rings. The third-order valence-corrected chi connectivity index (χ3v) is 2.74. The molecule has 2 N–H and O–H groups in total. The number of imidazole rings is 1. The Kier molecular flexibility index (Phi) is 3.75. The van der Waals surface area contributed by atoms with Crippen LogP contribution in [0.2, 0.25) is 0 Å². The predicted octanol–water partition coefficient (Wildman–Crippen LogP) is 1.24. The summed E-state index contributed by atoms with van der Waals surface area (Å²) in [6.07, 6.45) is 6.85. The molecule has 2 rings (SSSR count). The molecule has 1 unspecified atom stereocenters. The fourth-order valence-electron chi connectivity index (χ4n) is 1.97. The topological polar surface area (TPSA) is 49.9 Å². The van der Waals surface area contributed by atoms with E-state index in [-0.39, 0.29) is 0 Å². The van der Waals surface area contributed by atoms with E-state index in [0.29, 0.717) is 6.10 Å². The molecule has 0 aliphatic carbocycles. The summed E-state index contributed by atoms with van der Waals surface area (Å²) < 4.78 is 5.68. The number of aromatic amines is 1. The van der Waals surface area contributed by atoms with Crippen LogP contribution in [0.3, 0.4) is 0 Å². The largest absolute Gasteiger partial charge is 0.378 e. The van der Waals surface area contributed by atoms with Gasteiger partial charge in [-0.15, -0.1) is 0 Å². The fourth-order valence-corrected chi connectivity index (χ4v) is 1.97. The summed E-state index contributed by atoms with van der Waals surface area (Å²) in [5.74, 6) is 1.05. The van der Waals surface area contributed by atoms with Crippen LogP contribution in [0.25, 0.3) is 0 Å². The van der Waals surface area contributed by atoms with Gasteiger partial charge in [-0.2, -0.15) is 0 Å². The van der Waals surface area contributed by atoms with Crippen LogP contribution < -0.4 is 5.32 Å². The maximum atomic E-state index is 5.68. The highest BCUT2D eigenvalue weighted by molar-refractivity contribution is 5.02. The van der Waals surface area contributed by atoms with Crippen LogP contribution in [0.1, 0.15) is 30.8 Å². The Morgan fingerprint density at radius 1 is 1.60 bits per heavy atom. The lowest BCUT2D eigenvalue weighted by Crippen LogP contribution is -2.21. The van der Waals surface area contributed by atoms with Gasteiger partial charge in [-0.3, -0.25) is 0 Å². The van der Waals surface area contributed by atoms with Crippen molar-refractivity contribution in [3.05, 3.63) is 17.7 Å². The van der Waals surface area contributed by atoms with Crippen molar-refractivity contribution in [2.75, 3.05) is 13.7 Å². The molecule has 0 saturated carbocycles. The van der Waals surface area contributed by atoms with Gasteiger partial charge >= 0.3 is 0 Å². The number of ether oxygens (including phenoxy) is 1. The normalized spacial score (nSPS) is 21.8. The van der Waals surface area contributed by atoms with Crippen molar-refractivity contribution in [3.63, 3.8) is 0 Å². The summed E-state index contributed by atoms with van der Waals surface area (Å²) in [6.45, 7) is 1.76. The molecule has 0 bridgehead atoms. The van der Waals surface area contributed by atoms with Gasteiger partial charge in [0.15, 0.2) is 0 Å². The zero-order chi connectivity index (χ0) is 10.5. The van der Waals surface area contributed by atoms with E-state index in [4.69, 9.17) is 4.74 Å². The molecule has 0 spiro atoms. The average Bonchev–Trinajstić information content (AvgIpc) is 2.68. The van der Waals surface area contributed by atoms with Crippen LogP contribution in [0, 0.1) is 0 Å². The lowest BCUT2D eigenvalue weighted by molar-refractivity contribution is 0.0157. The van der Waals surface area contributed by atoms with Crippen LogP contribution in [0.15, 0.2) is 6.20 Å². The highest BCUT2D eigenvalue weighted by atomic mass is 16.5. The second-order valence-corrected chi connectivity index (χ2v) is 4.08. The second kappa shape index (κ2) is 5.28. The standard InChI is InChI=1S/C11H19N3O/c1-12-7-9-8-13-11(14-9)6-10-4-2-3-5-15-10/h8,10,12H,2-7H2,1H3,(H,13,14). The van der Waals surface area contributed by atoms with Crippen LogP contribution in [0.5, 0.6) is 0 Å². The van der Waals surface area contributed by atoms with Crippen molar-refractivity contribution in [1.29, 1.82) is 0 Å². The Morgan fingerprint density at radius 2 is 2.53 bits per heavy atom. The van der Waals surface area contributed by atoms with Gasteiger partial charge in [-0.25, -0.2) is 4.98 Å². The molecule has 84 valence electrons. The zero-order valence-corrected chi connectivity index (χ0v) is 9.25. The van der Waals surface area contributed by atoms with Crippen molar-refractivity contribution in [3.8, 4) is 0 Å². The fraction of sp³-hybridized carbons (Fsp3) is 0.727. The van der Waals surface area contributed by atoms with E-state index in [1.54, 1.807) is 0 Å². The van der Waals surface area contributed by atoms with E-state index in [9.17, 15) is 0 Å². The maximum absolute atomic E-state index is 5.68. The minimum atomic E-state index is 0.368. The molecule has 1 atom stereocenters. The molecule has 1 aliphatic heterocycles. The quantitative estimate of drug-likeness (QED) is 0.784. The van der Waals surface area contributed by atoms with Crippen LogP contribution in [0.4, 0.5) is 0 Å². The summed E-state index contributed by atoms with van der Waals surface area (Å²) in [4.78, 5) is 7.66. The van der Waals surface area contributed by atoms with Gasteiger partial charge in [0.1, 0.15) is 5.82 Å². The van der Waals surface area contributed by atoms with Crippen molar-refractivity contribution >= 4 is 0 Å². The molecule has 1 aromatic rings. The third-order valence-electron chi connectivity index (χ3n) is 2.74. The minimum Gasteiger partial charge on any atom is -0.378 e. The van der Waals surface area contributed by atoms with E-state index in [0.717, 1.165) is 31.1 Å². The molecular formula is C11H19N3O. The SMILES string of the molecule is CNCc1cnc(CC2CCCCO2)[nH]1. The van der Waals surface area contributed by atoms with E-state index in [2.05, 4.69) is 15.3 Å². The maximum Gasteiger partial charge on any atom is 0.108 e. The van der Waals surface area contributed by atoms with Crippen LogP contribution >= 0.6 is 0 Å². The highest BCUT2D eigenvalue weighted by Gasteiger charge is 2.15. The molecule has 4 heteroatoms. The monoisotopic (exact) mass is 209 g/mol. The Balaban J connectivity index is 1.86. The molecule has 4 nitrogen and oxygen atoms in total. The first-order valence-electron chi connectivity index (χ1n) is 5.67. The molecule has 1 aliphatic rings. The lowest BCUT2D eigenvalue weighted by Gasteiger charge is -2.21. The highest BCUT2D eigenvalue weighted by Crippen LogP contribution is 2.15. The van der Waals surface area contributed by atoms with Gasteiger partial charge in [-0.1, -0.05) is 0 Å². The van der Waals surface area contributed by atoms with E-state index < -0.39 is 0 Å². The molecular weight excluding hydrogens is 190 g/mol. The van der Waals surface area contributed by atoms with Crippen LogP contribution in [-0.2, 0) is 17.7 Å². The van der Waals surface area contributed by atoms with Crippen molar-refractivity contribution in [2.24, 2.45) is 0 Å². The van der Waals surface area contributed by atoms with Gasteiger partial charge in [0, 0.05) is 31.5 Å². The Hall–Kier alpha value is -0.870. The van der Waals surface area contributed by atoms with Gasteiger partial charge in [0.25, 0.3) is 0 Å². The summed E-state index contributed by atoms with van der Waals surface area (Å²) >= 11 is 0. The molecule has 0 radical (unpaired) electrons. The molecule has 15 heavy (non-hydrogen) atoms. The second-order valence-electron chi connectivity index (χ2n) is 4.08. The number of nitrogens with zero attached hydrogens (tertiary/aromatic N) is 1. The first-order valence-corrected chi connectivity index (χ1v) is 5.67. The minimum absolute atomic E-state index is 0.368. The van der Waals surface area contributed by atoms with Gasteiger partial charge in [0.2, 0.25) is 0 Å².